The van der Waals surface area contributed by atoms with Gasteiger partial charge in [0.25, 0.3) is 5.88 Å². The van der Waals surface area contributed by atoms with Crippen LogP contribution in [0.4, 0.5) is 5.69 Å². The van der Waals surface area contributed by atoms with E-state index < -0.39 is 4.92 Å². The highest BCUT2D eigenvalue weighted by atomic mass is 16.6. The summed E-state index contributed by atoms with van der Waals surface area (Å²) in [6.45, 7) is 6.42. The Hall–Kier alpha value is -1.63. The van der Waals surface area contributed by atoms with Crippen molar-refractivity contribution in [3.63, 3.8) is 0 Å². The van der Waals surface area contributed by atoms with E-state index in [-0.39, 0.29) is 17.6 Å². The van der Waals surface area contributed by atoms with E-state index in [4.69, 9.17) is 4.74 Å². The molecule has 7 nitrogen and oxygen atoms in total. The number of aryl methyl sites for hydroxylation is 1. The first-order valence-corrected chi connectivity index (χ1v) is 5.50. The third-order valence-corrected chi connectivity index (χ3v) is 2.27. The average Bonchev–Trinajstić information content (AvgIpc) is 2.56. The minimum atomic E-state index is -0.448. The van der Waals surface area contributed by atoms with Crippen molar-refractivity contribution >= 4 is 5.69 Å². The molecule has 0 radical (unpaired) electrons. The summed E-state index contributed by atoms with van der Waals surface area (Å²) in [5.74, 6) is 0.234. The average molecular weight is 242 g/mol. The largest absolute Gasteiger partial charge is 0.472 e. The van der Waals surface area contributed by atoms with Crippen molar-refractivity contribution < 1.29 is 9.66 Å². The molecule has 1 heterocycles. The number of hydrogen-bond acceptors (Lipinski definition) is 5. The van der Waals surface area contributed by atoms with Crippen molar-refractivity contribution in [2.24, 2.45) is 0 Å². The third kappa shape index (κ3) is 2.94. The molecular weight excluding hydrogens is 224 g/mol. The Morgan fingerprint density at radius 2 is 2.24 bits per heavy atom. The van der Waals surface area contributed by atoms with E-state index in [9.17, 15) is 10.1 Å². The lowest BCUT2D eigenvalue weighted by atomic mass is 10.4. The molecule has 0 fully saturated rings. The van der Waals surface area contributed by atoms with Gasteiger partial charge in [-0.15, -0.1) is 0 Å². The summed E-state index contributed by atoms with van der Waals surface area (Å²) < 4.78 is 6.99. The number of nitrogens with one attached hydrogen (secondary N) is 1. The molecule has 0 saturated carbocycles. The van der Waals surface area contributed by atoms with Crippen LogP contribution < -0.4 is 10.1 Å². The molecule has 1 N–H and O–H groups in total. The molecule has 0 aliphatic rings. The Balaban J connectivity index is 3.07. The molecule has 0 aromatic carbocycles. The van der Waals surface area contributed by atoms with Gasteiger partial charge in [-0.05, 0) is 27.8 Å². The van der Waals surface area contributed by atoms with Crippen LogP contribution in [0.3, 0.4) is 0 Å². The van der Waals surface area contributed by atoms with Gasteiger partial charge in [0.1, 0.15) is 12.3 Å². The van der Waals surface area contributed by atoms with Crippen LogP contribution in [0.5, 0.6) is 5.88 Å². The summed E-state index contributed by atoms with van der Waals surface area (Å²) in [6, 6.07) is 0.0204. The minimum absolute atomic E-state index is 0.0204. The molecule has 0 spiro atoms. The van der Waals surface area contributed by atoms with Crippen molar-refractivity contribution in [1.82, 2.24) is 15.1 Å². The lowest BCUT2D eigenvalue weighted by Gasteiger charge is -2.10. The van der Waals surface area contributed by atoms with Gasteiger partial charge in [-0.1, -0.05) is 0 Å². The summed E-state index contributed by atoms with van der Waals surface area (Å²) in [4.78, 5) is 10.5. The standard InChI is InChI=1S/C10H18N4O3/c1-7(2)13-10(17-6-5-11-4)9(14(15)16)8(3)12-13/h7,11H,5-6H2,1-4H3. The highest BCUT2D eigenvalue weighted by Crippen LogP contribution is 2.32. The monoisotopic (exact) mass is 242 g/mol. The Kier molecular flexibility index (Phi) is 4.45. The zero-order chi connectivity index (χ0) is 13.0. The predicted molar refractivity (Wildman–Crippen MR) is 63.4 cm³/mol. The fourth-order valence-corrected chi connectivity index (χ4v) is 1.46. The zero-order valence-corrected chi connectivity index (χ0v) is 10.6. The van der Waals surface area contributed by atoms with Crippen LogP contribution in [0.25, 0.3) is 0 Å². The first-order valence-electron chi connectivity index (χ1n) is 5.50. The lowest BCUT2D eigenvalue weighted by Crippen LogP contribution is -2.18. The molecule has 1 aromatic rings. The summed E-state index contributed by atoms with van der Waals surface area (Å²) >= 11 is 0. The number of likely N-dealkylation sites (N-methyl/N-ethyl adjacent to an activating group) is 1. The SMILES string of the molecule is CNCCOc1c([N+](=O)[O-])c(C)nn1C(C)C. The number of aromatic nitrogens is 2. The van der Waals surface area contributed by atoms with Crippen LogP contribution >= 0.6 is 0 Å². The van der Waals surface area contributed by atoms with Crippen molar-refractivity contribution in [2.45, 2.75) is 26.8 Å². The molecule has 0 aliphatic carbocycles. The molecule has 17 heavy (non-hydrogen) atoms. The smallest absolute Gasteiger partial charge is 0.353 e. The molecule has 0 atom stereocenters. The van der Waals surface area contributed by atoms with E-state index in [1.54, 1.807) is 18.7 Å². The summed E-state index contributed by atoms with van der Waals surface area (Å²) in [5, 5.41) is 18.0. The fraction of sp³-hybridized carbons (Fsp3) is 0.700. The summed E-state index contributed by atoms with van der Waals surface area (Å²) in [6.07, 6.45) is 0. The maximum atomic E-state index is 11.0. The highest BCUT2D eigenvalue weighted by Gasteiger charge is 2.27. The van der Waals surface area contributed by atoms with Gasteiger partial charge >= 0.3 is 5.69 Å². The second kappa shape index (κ2) is 5.62. The van der Waals surface area contributed by atoms with Crippen LogP contribution in [0, 0.1) is 17.0 Å². The van der Waals surface area contributed by atoms with Gasteiger partial charge < -0.3 is 10.1 Å². The molecule has 0 unspecified atom stereocenters. The predicted octanol–water partition coefficient (Wildman–Crippen LogP) is 1.28. The maximum Gasteiger partial charge on any atom is 0.353 e. The molecule has 7 heteroatoms. The van der Waals surface area contributed by atoms with Crippen molar-refractivity contribution in [2.75, 3.05) is 20.2 Å². The van der Waals surface area contributed by atoms with Crippen molar-refractivity contribution in [3.05, 3.63) is 15.8 Å². The van der Waals surface area contributed by atoms with Gasteiger partial charge in [0.05, 0.1) is 11.0 Å². The van der Waals surface area contributed by atoms with E-state index >= 15 is 0 Å². The van der Waals surface area contributed by atoms with E-state index in [1.807, 2.05) is 13.8 Å². The second-order valence-corrected chi connectivity index (χ2v) is 3.99. The first kappa shape index (κ1) is 13.4. The fourth-order valence-electron chi connectivity index (χ4n) is 1.46. The van der Waals surface area contributed by atoms with Gasteiger partial charge in [-0.25, -0.2) is 4.68 Å². The molecule has 1 aromatic heterocycles. The van der Waals surface area contributed by atoms with E-state index in [0.29, 0.717) is 18.8 Å². The Labute approximate surface area is 99.9 Å². The molecule has 1 rings (SSSR count). The normalized spacial score (nSPS) is 10.9. The zero-order valence-electron chi connectivity index (χ0n) is 10.6. The lowest BCUT2D eigenvalue weighted by molar-refractivity contribution is -0.386. The Morgan fingerprint density at radius 1 is 1.59 bits per heavy atom. The molecule has 0 aliphatic heterocycles. The first-order chi connectivity index (χ1) is 7.99. The van der Waals surface area contributed by atoms with Gasteiger partial charge in [-0.2, -0.15) is 5.10 Å². The van der Waals surface area contributed by atoms with E-state index in [0.717, 1.165) is 0 Å². The van der Waals surface area contributed by atoms with Crippen LogP contribution in [0.2, 0.25) is 0 Å². The maximum absolute atomic E-state index is 11.0. The van der Waals surface area contributed by atoms with Crippen molar-refractivity contribution in [1.29, 1.82) is 0 Å². The number of ether oxygens (including phenoxy) is 1. The van der Waals surface area contributed by atoms with Gasteiger partial charge in [0.2, 0.25) is 0 Å². The number of nitro groups is 1. The van der Waals surface area contributed by atoms with Gasteiger partial charge in [0, 0.05) is 6.54 Å². The molecular formula is C10H18N4O3. The number of nitrogens with zero attached hydrogens (tertiary/aromatic N) is 3. The Bertz CT molecular complexity index is 401. The quantitative estimate of drug-likeness (QED) is 0.461. The molecule has 0 bridgehead atoms. The highest BCUT2D eigenvalue weighted by molar-refractivity contribution is 5.46. The molecule has 0 saturated heterocycles. The van der Waals surface area contributed by atoms with E-state index in [2.05, 4.69) is 10.4 Å². The number of hydrogen-bond donors (Lipinski definition) is 1. The molecule has 0 amide bonds. The second-order valence-electron chi connectivity index (χ2n) is 3.99. The minimum Gasteiger partial charge on any atom is -0.472 e. The van der Waals surface area contributed by atoms with Crippen LogP contribution in [0.15, 0.2) is 0 Å². The van der Waals surface area contributed by atoms with Crippen LogP contribution in [-0.4, -0.2) is 34.9 Å². The van der Waals surface area contributed by atoms with Crippen LogP contribution in [0.1, 0.15) is 25.6 Å². The van der Waals surface area contributed by atoms with E-state index in [1.165, 1.54) is 0 Å². The summed E-state index contributed by atoms with van der Waals surface area (Å²) in [7, 11) is 1.79. The van der Waals surface area contributed by atoms with Gasteiger partial charge in [0.15, 0.2) is 0 Å². The summed E-state index contributed by atoms with van der Waals surface area (Å²) in [5.41, 5.74) is 0.331. The third-order valence-electron chi connectivity index (χ3n) is 2.27. The Morgan fingerprint density at radius 3 is 2.71 bits per heavy atom. The number of rotatable bonds is 6. The van der Waals surface area contributed by atoms with Crippen molar-refractivity contribution in [3.8, 4) is 5.88 Å². The topological polar surface area (TPSA) is 82.2 Å². The molecule has 96 valence electrons. The van der Waals surface area contributed by atoms with Crippen LogP contribution in [-0.2, 0) is 0 Å². The van der Waals surface area contributed by atoms with Gasteiger partial charge in [-0.3, -0.25) is 10.1 Å².